The first kappa shape index (κ1) is 18.6. The van der Waals surface area contributed by atoms with Crippen molar-refractivity contribution in [1.29, 1.82) is 0 Å². The molecule has 0 saturated heterocycles. The highest BCUT2D eigenvalue weighted by Crippen LogP contribution is 2.32. The Balaban J connectivity index is 2.18. The lowest BCUT2D eigenvalue weighted by atomic mass is 9.95. The molecule has 28 heavy (non-hydrogen) atoms. The molecule has 0 aliphatic heterocycles. The SMILES string of the molecule is Nc1[nH]c(=O)c(C(=O)O)c(-c2cccc(Oc3ccc(F)cc3)c2)c1C(=O)O. The minimum Gasteiger partial charge on any atom is -0.478 e. The molecule has 0 fully saturated rings. The van der Waals surface area contributed by atoms with Crippen LogP contribution in [-0.4, -0.2) is 27.1 Å². The van der Waals surface area contributed by atoms with Gasteiger partial charge in [-0.1, -0.05) is 12.1 Å². The summed E-state index contributed by atoms with van der Waals surface area (Å²) in [5, 5.41) is 18.9. The van der Waals surface area contributed by atoms with Crippen molar-refractivity contribution in [3.05, 3.63) is 75.8 Å². The standard InChI is InChI=1S/C19H13FN2O6/c20-10-4-6-11(7-5-10)28-12-3-1-2-9(8-12)13-14(18(24)25)16(21)22-17(23)15(13)19(26)27/h1-8H,(H,24,25)(H,26,27)(H3,21,22,23). The van der Waals surface area contributed by atoms with Crippen molar-refractivity contribution < 1.29 is 28.9 Å². The zero-order valence-corrected chi connectivity index (χ0v) is 14.1. The second-order valence-corrected chi connectivity index (χ2v) is 5.69. The molecule has 1 heterocycles. The van der Waals surface area contributed by atoms with Crippen molar-refractivity contribution in [2.45, 2.75) is 0 Å². The van der Waals surface area contributed by atoms with Gasteiger partial charge in [0.15, 0.2) is 0 Å². The van der Waals surface area contributed by atoms with E-state index in [2.05, 4.69) is 0 Å². The van der Waals surface area contributed by atoms with Gasteiger partial charge in [0.2, 0.25) is 0 Å². The van der Waals surface area contributed by atoms with E-state index in [1.54, 1.807) is 0 Å². The maximum Gasteiger partial charge on any atom is 0.342 e. The van der Waals surface area contributed by atoms with Crippen LogP contribution in [0.2, 0.25) is 0 Å². The van der Waals surface area contributed by atoms with Gasteiger partial charge in [0.25, 0.3) is 5.56 Å². The Morgan fingerprint density at radius 1 is 0.964 bits per heavy atom. The van der Waals surface area contributed by atoms with Gasteiger partial charge >= 0.3 is 11.9 Å². The number of halogens is 1. The number of aromatic amines is 1. The third-order valence-corrected chi connectivity index (χ3v) is 3.84. The number of ether oxygens (including phenoxy) is 1. The van der Waals surface area contributed by atoms with E-state index in [1.807, 2.05) is 4.98 Å². The van der Waals surface area contributed by atoms with E-state index in [0.29, 0.717) is 5.75 Å². The third-order valence-electron chi connectivity index (χ3n) is 3.84. The Kier molecular flexibility index (Phi) is 4.82. The van der Waals surface area contributed by atoms with Crippen LogP contribution in [-0.2, 0) is 0 Å². The fourth-order valence-corrected chi connectivity index (χ4v) is 2.69. The molecule has 142 valence electrons. The monoisotopic (exact) mass is 384 g/mol. The lowest BCUT2D eigenvalue weighted by molar-refractivity contribution is 0.0695. The molecule has 9 heteroatoms. The number of nitrogen functional groups attached to an aromatic ring is 1. The molecule has 2 aromatic carbocycles. The predicted molar refractivity (Wildman–Crippen MR) is 97.3 cm³/mol. The Labute approximate surface area is 156 Å². The molecule has 0 unspecified atom stereocenters. The number of carboxylic acid groups (broad SMARTS) is 2. The van der Waals surface area contributed by atoms with Gasteiger partial charge in [-0.3, -0.25) is 4.79 Å². The van der Waals surface area contributed by atoms with Crippen LogP contribution in [0, 0.1) is 5.82 Å². The third kappa shape index (κ3) is 3.54. The Hall–Kier alpha value is -4.14. The summed E-state index contributed by atoms with van der Waals surface area (Å²) in [5.41, 5.74) is 3.03. The van der Waals surface area contributed by atoms with Gasteiger partial charge in [-0.15, -0.1) is 0 Å². The van der Waals surface area contributed by atoms with Gasteiger partial charge < -0.3 is 25.7 Å². The van der Waals surface area contributed by atoms with E-state index >= 15 is 0 Å². The number of H-pyrrole nitrogens is 1. The summed E-state index contributed by atoms with van der Waals surface area (Å²) in [7, 11) is 0. The highest BCUT2D eigenvalue weighted by Gasteiger charge is 2.26. The van der Waals surface area contributed by atoms with Crippen LogP contribution in [0.25, 0.3) is 11.1 Å². The van der Waals surface area contributed by atoms with Gasteiger partial charge in [0, 0.05) is 5.56 Å². The minimum atomic E-state index is -1.61. The number of carbonyl (C=O) groups is 2. The number of aromatic nitrogens is 1. The number of pyridine rings is 1. The maximum atomic E-state index is 13.0. The number of benzene rings is 2. The van der Waals surface area contributed by atoms with Crippen molar-refractivity contribution in [2.24, 2.45) is 0 Å². The summed E-state index contributed by atoms with van der Waals surface area (Å²) < 4.78 is 18.6. The zero-order chi connectivity index (χ0) is 20.4. The summed E-state index contributed by atoms with van der Waals surface area (Å²) in [6, 6.07) is 11.0. The number of carboxylic acids is 2. The normalized spacial score (nSPS) is 10.5. The molecule has 8 nitrogen and oxygen atoms in total. The van der Waals surface area contributed by atoms with Crippen LogP contribution in [0.5, 0.6) is 11.5 Å². The number of nitrogens with two attached hydrogens (primary N) is 1. The highest BCUT2D eigenvalue weighted by molar-refractivity contribution is 6.07. The second-order valence-electron chi connectivity index (χ2n) is 5.69. The van der Waals surface area contributed by atoms with Crippen LogP contribution < -0.4 is 16.0 Å². The maximum absolute atomic E-state index is 13.0. The molecular formula is C19H13FN2O6. The molecule has 0 saturated carbocycles. The van der Waals surface area contributed by atoms with Gasteiger partial charge in [-0.2, -0.15) is 0 Å². The average molecular weight is 384 g/mol. The summed E-state index contributed by atoms with van der Waals surface area (Å²) in [6.45, 7) is 0. The van der Waals surface area contributed by atoms with Crippen LogP contribution in [0.3, 0.4) is 0 Å². The Bertz CT molecular complexity index is 1140. The van der Waals surface area contributed by atoms with E-state index in [-0.39, 0.29) is 16.9 Å². The molecule has 0 radical (unpaired) electrons. The van der Waals surface area contributed by atoms with E-state index in [4.69, 9.17) is 10.5 Å². The summed E-state index contributed by atoms with van der Waals surface area (Å²) in [5.74, 6) is -3.50. The molecule has 0 atom stereocenters. The topological polar surface area (TPSA) is 143 Å². The van der Waals surface area contributed by atoms with Crippen molar-refractivity contribution >= 4 is 17.8 Å². The minimum absolute atomic E-state index is 0.104. The fraction of sp³-hybridized carbons (Fsp3) is 0. The van der Waals surface area contributed by atoms with Crippen molar-refractivity contribution in [3.63, 3.8) is 0 Å². The first-order chi connectivity index (χ1) is 13.3. The molecule has 0 spiro atoms. The van der Waals surface area contributed by atoms with Crippen LogP contribution >= 0.6 is 0 Å². The molecule has 3 aromatic rings. The summed E-state index contributed by atoms with van der Waals surface area (Å²) in [6.07, 6.45) is 0. The Morgan fingerprint density at radius 2 is 1.61 bits per heavy atom. The second kappa shape index (κ2) is 7.23. The number of hydrogen-bond acceptors (Lipinski definition) is 5. The van der Waals surface area contributed by atoms with E-state index in [9.17, 15) is 29.0 Å². The van der Waals surface area contributed by atoms with Gasteiger partial charge in [-0.05, 0) is 42.0 Å². The number of anilines is 1. The summed E-state index contributed by atoms with van der Waals surface area (Å²) in [4.78, 5) is 37.4. The Morgan fingerprint density at radius 3 is 2.21 bits per heavy atom. The first-order valence-electron chi connectivity index (χ1n) is 7.84. The molecule has 1 aromatic heterocycles. The average Bonchev–Trinajstić information content (AvgIpc) is 2.62. The fourth-order valence-electron chi connectivity index (χ4n) is 2.69. The highest BCUT2D eigenvalue weighted by atomic mass is 19.1. The molecule has 5 N–H and O–H groups in total. The van der Waals surface area contributed by atoms with Gasteiger partial charge in [0.05, 0.1) is 0 Å². The van der Waals surface area contributed by atoms with Crippen molar-refractivity contribution in [2.75, 3.05) is 5.73 Å². The summed E-state index contributed by atoms with van der Waals surface area (Å²) >= 11 is 0. The largest absolute Gasteiger partial charge is 0.478 e. The number of hydrogen-bond donors (Lipinski definition) is 4. The first-order valence-corrected chi connectivity index (χ1v) is 7.84. The quantitative estimate of drug-likeness (QED) is 0.529. The van der Waals surface area contributed by atoms with Gasteiger partial charge in [0.1, 0.15) is 34.3 Å². The molecule has 0 amide bonds. The zero-order valence-electron chi connectivity index (χ0n) is 14.1. The van der Waals surface area contributed by atoms with E-state index in [1.165, 1.54) is 48.5 Å². The number of rotatable bonds is 5. The molecule has 0 aliphatic carbocycles. The van der Waals surface area contributed by atoms with Crippen molar-refractivity contribution in [3.8, 4) is 22.6 Å². The van der Waals surface area contributed by atoms with Gasteiger partial charge in [-0.25, -0.2) is 14.0 Å². The van der Waals surface area contributed by atoms with E-state index < -0.39 is 40.3 Å². The smallest absolute Gasteiger partial charge is 0.342 e. The number of nitrogens with one attached hydrogen (secondary N) is 1. The molecular weight excluding hydrogens is 371 g/mol. The molecule has 0 bridgehead atoms. The van der Waals surface area contributed by atoms with E-state index in [0.717, 1.165) is 0 Å². The lowest BCUT2D eigenvalue weighted by Crippen LogP contribution is -2.24. The van der Waals surface area contributed by atoms with Crippen LogP contribution in [0.1, 0.15) is 20.7 Å². The molecule has 0 aliphatic rings. The van der Waals surface area contributed by atoms with Crippen molar-refractivity contribution in [1.82, 2.24) is 4.98 Å². The lowest BCUT2D eigenvalue weighted by Gasteiger charge is -2.13. The van der Waals surface area contributed by atoms with Crippen LogP contribution in [0.15, 0.2) is 53.3 Å². The molecule has 3 rings (SSSR count). The predicted octanol–water partition coefficient (Wildman–Crippen LogP) is 2.95. The number of aromatic carboxylic acids is 2. The van der Waals surface area contributed by atoms with Crippen LogP contribution in [0.4, 0.5) is 10.2 Å².